The quantitative estimate of drug-likeness (QED) is 0.760. The van der Waals surface area contributed by atoms with Crippen LogP contribution in [0.15, 0.2) is 6.20 Å². The van der Waals surface area contributed by atoms with Gasteiger partial charge in [0.2, 0.25) is 0 Å². The van der Waals surface area contributed by atoms with Gasteiger partial charge >= 0.3 is 0 Å². The van der Waals surface area contributed by atoms with Gasteiger partial charge in [-0.3, -0.25) is 4.68 Å². The molecule has 1 unspecified atom stereocenters. The van der Waals surface area contributed by atoms with Crippen LogP contribution in [0.1, 0.15) is 18.5 Å². The Morgan fingerprint density at radius 1 is 1.64 bits per heavy atom. The van der Waals surface area contributed by atoms with Crippen LogP contribution in [0.4, 0.5) is 0 Å². The molecule has 1 saturated heterocycles. The molecule has 78 valence electrons. The van der Waals surface area contributed by atoms with E-state index in [0.29, 0.717) is 6.10 Å². The van der Waals surface area contributed by atoms with Crippen LogP contribution < -0.4 is 10.1 Å². The summed E-state index contributed by atoms with van der Waals surface area (Å²) < 4.78 is 7.65. The number of hydrogen-bond acceptors (Lipinski definition) is 3. The van der Waals surface area contributed by atoms with Crippen LogP contribution in [0.3, 0.4) is 0 Å². The molecule has 1 aliphatic heterocycles. The topological polar surface area (TPSA) is 39.1 Å². The van der Waals surface area contributed by atoms with Crippen molar-refractivity contribution in [1.29, 1.82) is 0 Å². The number of aryl methyl sites for hydroxylation is 2. The molecule has 1 aromatic heterocycles. The predicted octanol–water partition coefficient (Wildman–Crippen LogP) is 0.859. The van der Waals surface area contributed by atoms with E-state index < -0.39 is 0 Å². The van der Waals surface area contributed by atoms with Crippen molar-refractivity contribution in [1.82, 2.24) is 15.1 Å². The number of ether oxygens (including phenoxy) is 1. The Balaban J connectivity index is 1.98. The molecule has 0 spiro atoms. The summed E-state index contributed by atoms with van der Waals surface area (Å²) in [5, 5.41) is 7.58. The Bertz CT molecular complexity index is 302. The zero-order chi connectivity index (χ0) is 9.97. The molecule has 4 heteroatoms. The molecule has 4 nitrogen and oxygen atoms in total. The van der Waals surface area contributed by atoms with Crippen molar-refractivity contribution < 1.29 is 4.74 Å². The van der Waals surface area contributed by atoms with Crippen molar-refractivity contribution in [2.24, 2.45) is 7.05 Å². The predicted molar refractivity (Wildman–Crippen MR) is 54.5 cm³/mol. The molecule has 1 fully saturated rings. The number of hydrogen-bond donors (Lipinski definition) is 1. The van der Waals surface area contributed by atoms with E-state index in [1.807, 2.05) is 20.2 Å². The molecule has 0 radical (unpaired) electrons. The third-order valence-electron chi connectivity index (χ3n) is 2.51. The molecule has 1 aromatic rings. The summed E-state index contributed by atoms with van der Waals surface area (Å²) in [4.78, 5) is 0. The minimum atomic E-state index is 0.312. The van der Waals surface area contributed by atoms with E-state index in [9.17, 15) is 0 Å². The monoisotopic (exact) mass is 195 g/mol. The largest absolute Gasteiger partial charge is 0.486 e. The normalized spacial score (nSPS) is 22.3. The van der Waals surface area contributed by atoms with E-state index in [4.69, 9.17) is 4.74 Å². The van der Waals surface area contributed by atoms with Crippen LogP contribution in [0, 0.1) is 6.92 Å². The number of nitrogens with zero attached hydrogens (tertiary/aromatic N) is 2. The highest BCUT2D eigenvalue weighted by Gasteiger charge is 2.16. The highest BCUT2D eigenvalue weighted by atomic mass is 16.5. The summed E-state index contributed by atoms with van der Waals surface area (Å²) >= 11 is 0. The summed E-state index contributed by atoms with van der Waals surface area (Å²) in [5.74, 6) is 0.918. The van der Waals surface area contributed by atoms with Gasteiger partial charge in [-0.2, -0.15) is 5.10 Å². The fraction of sp³-hybridized carbons (Fsp3) is 0.700. The van der Waals surface area contributed by atoms with Crippen LogP contribution in [-0.2, 0) is 7.05 Å². The lowest BCUT2D eigenvalue weighted by Crippen LogP contribution is -2.37. The van der Waals surface area contributed by atoms with Crippen LogP contribution in [0.5, 0.6) is 5.75 Å². The molecule has 1 aliphatic rings. The van der Waals surface area contributed by atoms with Gasteiger partial charge < -0.3 is 10.1 Å². The molecule has 14 heavy (non-hydrogen) atoms. The Kier molecular flexibility index (Phi) is 2.72. The van der Waals surface area contributed by atoms with Crippen LogP contribution in [0.25, 0.3) is 0 Å². The summed E-state index contributed by atoms with van der Waals surface area (Å²) in [5.41, 5.74) is 0.970. The Hall–Kier alpha value is -1.03. The average Bonchev–Trinajstić information content (AvgIpc) is 2.47. The van der Waals surface area contributed by atoms with Gasteiger partial charge in [0.1, 0.15) is 11.8 Å². The van der Waals surface area contributed by atoms with E-state index in [0.717, 1.165) is 31.0 Å². The molecular weight excluding hydrogens is 178 g/mol. The third kappa shape index (κ3) is 2.07. The zero-order valence-corrected chi connectivity index (χ0v) is 8.79. The third-order valence-corrected chi connectivity index (χ3v) is 2.51. The SMILES string of the molecule is Cc1nn(C)cc1OC1CCCNC1. The standard InChI is InChI=1S/C10H17N3O/c1-8-10(7-13(2)12-8)14-9-4-3-5-11-6-9/h7,9,11H,3-6H2,1-2H3. The smallest absolute Gasteiger partial charge is 0.160 e. The summed E-state index contributed by atoms with van der Waals surface area (Å²) in [6.45, 7) is 4.05. The minimum absolute atomic E-state index is 0.312. The fourth-order valence-corrected chi connectivity index (χ4v) is 1.79. The molecule has 0 amide bonds. The first-order valence-corrected chi connectivity index (χ1v) is 5.13. The summed E-state index contributed by atoms with van der Waals surface area (Å²) in [6, 6.07) is 0. The first-order chi connectivity index (χ1) is 6.75. The van der Waals surface area contributed by atoms with Crippen molar-refractivity contribution in [3.8, 4) is 5.75 Å². The maximum absolute atomic E-state index is 5.86. The fourth-order valence-electron chi connectivity index (χ4n) is 1.79. The molecule has 0 saturated carbocycles. The van der Waals surface area contributed by atoms with E-state index in [2.05, 4.69) is 10.4 Å². The van der Waals surface area contributed by atoms with Crippen molar-refractivity contribution in [3.05, 3.63) is 11.9 Å². The second-order valence-corrected chi connectivity index (χ2v) is 3.84. The second kappa shape index (κ2) is 4.00. The van der Waals surface area contributed by atoms with E-state index >= 15 is 0 Å². The van der Waals surface area contributed by atoms with Gasteiger partial charge in [-0.05, 0) is 26.3 Å². The van der Waals surface area contributed by atoms with Gasteiger partial charge in [-0.15, -0.1) is 0 Å². The zero-order valence-electron chi connectivity index (χ0n) is 8.79. The molecule has 1 N–H and O–H groups in total. The minimum Gasteiger partial charge on any atom is -0.486 e. The van der Waals surface area contributed by atoms with Gasteiger partial charge in [0, 0.05) is 13.6 Å². The lowest BCUT2D eigenvalue weighted by molar-refractivity contribution is 0.166. The maximum Gasteiger partial charge on any atom is 0.160 e. The first-order valence-electron chi connectivity index (χ1n) is 5.13. The van der Waals surface area contributed by atoms with Gasteiger partial charge in [-0.1, -0.05) is 0 Å². The Morgan fingerprint density at radius 3 is 3.07 bits per heavy atom. The molecular formula is C10H17N3O. The van der Waals surface area contributed by atoms with Gasteiger partial charge in [0.15, 0.2) is 5.75 Å². The Morgan fingerprint density at radius 2 is 2.50 bits per heavy atom. The number of rotatable bonds is 2. The van der Waals surface area contributed by atoms with E-state index in [1.165, 1.54) is 6.42 Å². The molecule has 0 aromatic carbocycles. The highest BCUT2D eigenvalue weighted by molar-refractivity contribution is 5.23. The molecule has 1 atom stereocenters. The van der Waals surface area contributed by atoms with Crippen molar-refractivity contribution in [3.63, 3.8) is 0 Å². The molecule has 2 heterocycles. The van der Waals surface area contributed by atoms with Crippen molar-refractivity contribution >= 4 is 0 Å². The van der Waals surface area contributed by atoms with Gasteiger partial charge in [0.25, 0.3) is 0 Å². The van der Waals surface area contributed by atoms with Crippen molar-refractivity contribution in [2.45, 2.75) is 25.9 Å². The molecule has 0 aliphatic carbocycles. The van der Waals surface area contributed by atoms with Gasteiger partial charge in [0.05, 0.1) is 6.20 Å². The molecule has 0 bridgehead atoms. The van der Waals surface area contributed by atoms with Crippen LogP contribution in [-0.4, -0.2) is 29.0 Å². The van der Waals surface area contributed by atoms with Crippen molar-refractivity contribution in [2.75, 3.05) is 13.1 Å². The average molecular weight is 195 g/mol. The number of piperidine rings is 1. The highest BCUT2D eigenvalue weighted by Crippen LogP contribution is 2.18. The maximum atomic E-state index is 5.86. The van der Waals surface area contributed by atoms with E-state index in [1.54, 1.807) is 4.68 Å². The van der Waals surface area contributed by atoms with Crippen LogP contribution in [0.2, 0.25) is 0 Å². The lowest BCUT2D eigenvalue weighted by atomic mass is 10.1. The number of nitrogens with one attached hydrogen (secondary N) is 1. The van der Waals surface area contributed by atoms with Gasteiger partial charge in [-0.25, -0.2) is 0 Å². The molecule has 2 rings (SSSR count). The Labute approximate surface area is 84.3 Å². The number of aromatic nitrogens is 2. The van der Waals surface area contributed by atoms with E-state index in [-0.39, 0.29) is 0 Å². The first kappa shape index (κ1) is 9.52. The lowest BCUT2D eigenvalue weighted by Gasteiger charge is -2.23. The van der Waals surface area contributed by atoms with Crippen LogP contribution >= 0.6 is 0 Å². The summed E-state index contributed by atoms with van der Waals surface area (Å²) in [6.07, 6.45) is 4.58. The second-order valence-electron chi connectivity index (χ2n) is 3.84. The summed E-state index contributed by atoms with van der Waals surface area (Å²) in [7, 11) is 1.92.